The number of alkyl halides is 3. The Morgan fingerprint density at radius 2 is 1.66 bits per heavy atom. The van der Waals surface area contributed by atoms with Crippen molar-refractivity contribution in [2.24, 2.45) is 0 Å². The van der Waals surface area contributed by atoms with E-state index < -0.39 is 12.3 Å². The first-order valence-corrected chi connectivity index (χ1v) is 15.3. The molecule has 1 fully saturated rings. The number of rotatable bonds is 11. The summed E-state index contributed by atoms with van der Waals surface area (Å²) in [5.41, 5.74) is 12.0. The van der Waals surface area contributed by atoms with E-state index in [1.807, 2.05) is 24.3 Å². The van der Waals surface area contributed by atoms with Crippen molar-refractivity contribution in [3.8, 4) is 22.8 Å². The van der Waals surface area contributed by atoms with Crippen LogP contribution in [0, 0.1) is 0 Å². The van der Waals surface area contributed by atoms with Crippen LogP contribution in [-0.2, 0) is 30.8 Å². The minimum absolute atomic E-state index is 0.194. The number of benzene rings is 3. The number of nitrogens with zero attached hydrogens (tertiary/aromatic N) is 4. The van der Waals surface area contributed by atoms with Crippen molar-refractivity contribution in [2.75, 3.05) is 50.0 Å². The summed E-state index contributed by atoms with van der Waals surface area (Å²) in [5.74, 6) is 0.503. The molecular formula is C34H34F3N5O5. The fourth-order valence-electron chi connectivity index (χ4n) is 5.88. The maximum atomic E-state index is 12.4. The predicted octanol–water partition coefficient (Wildman–Crippen LogP) is 5.34. The fraction of sp³-hybridized carbons (Fsp3) is 0.324. The van der Waals surface area contributed by atoms with E-state index in [2.05, 4.69) is 24.5 Å². The summed E-state index contributed by atoms with van der Waals surface area (Å²) in [6, 6.07) is 18.2. The average Bonchev–Trinajstić information content (AvgIpc) is 3.05. The van der Waals surface area contributed by atoms with Crippen molar-refractivity contribution in [1.29, 1.82) is 0 Å². The number of hydrogen-bond acceptors (Lipinski definition) is 9. The number of hydrogen-bond donors (Lipinski definition) is 2. The summed E-state index contributed by atoms with van der Waals surface area (Å²) in [4.78, 5) is 25.1. The highest BCUT2D eigenvalue weighted by Gasteiger charge is 2.31. The maximum absolute atomic E-state index is 12.4. The van der Waals surface area contributed by atoms with Crippen molar-refractivity contribution in [1.82, 2.24) is 14.9 Å². The second kappa shape index (κ2) is 13.9. The molecule has 2 heterocycles. The molecule has 13 heteroatoms. The van der Waals surface area contributed by atoms with Crippen LogP contribution in [0.5, 0.6) is 11.5 Å². The number of aromatic carboxylic acids is 1. The third-order valence-electron chi connectivity index (χ3n) is 8.21. The normalized spacial score (nSPS) is 14.7. The van der Waals surface area contributed by atoms with Crippen LogP contribution < -0.4 is 20.1 Å². The summed E-state index contributed by atoms with van der Waals surface area (Å²) in [6.07, 6.45) is -3.21. The number of nitrogens with two attached hydrogens (primary N) is 1. The average molecular weight is 650 g/mol. The molecule has 0 radical (unpaired) electrons. The zero-order valence-electron chi connectivity index (χ0n) is 25.5. The van der Waals surface area contributed by atoms with E-state index in [1.165, 1.54) is 24.3 Å². The van der Waals surface area contributed by atoms with Crippen molar-refractivity contribution in [3.05, 3.63) is 94.5 Å². The van der Waals surface area contributed by atoms with E-state index in [-0.39, 0.29) is 23.9 Å². The molecule has 3 aromatic carbocycles. The lowest BCUT2D eigenvalue weighted by Gasteiger charge is -2.37. The van der Waals surface area contributed by atoms with Crippen LogP contribution in [0.1, 0.15) is 32.6 Å². The number of carboxylic acid groups (broad SMARTS) is 1. The standard InChI is InChI=1S/C34H34F3N5O5/c35-34(36,37)47-26-7-4-22(5-8-26)21-46-27-9-11-28-24(19-27)6-10-29-30(28)39-33(38)40-31(29)42-14-12-41(13-15-42)16-17-45-20-23-2-1-3-25(18-23)32(43)44/h1-5,7-9,11,18-19H,6,10,12-17,20-21H2,(H,43,44)(H2,38,39,40). The van der Waals surface area contributed by atoms with Crippen molar-refractivity contribution in [2.45, 2.75) is 32.4 Å². The molecule has 0 atom stereocenters. The molecule has 0 unspecified atom stereocenters. The van der Waals surface area contributed by atoms with Gasteiger partial charge in [-0.3, -0.25) is 4.90 Å². The number of aromatic nitrogens is 2. The maximum Gasteiger partial charge on any atom is 0.573 e. The predicted molar refractivity (Wildman–Crippen MR) is 168 cm³/mol. The molecule has 1 aromatic heterocycles. The van der Waals surface area contributed by atoms with Crippen molar-refractivity contribution < 1.29 is 37.3 Å². The van der Waals surface area contributed by atoms with Crippen LogP contribution in [-0.4, -0.2) is 71.6 Å². The van der Waals surface area contributed by atoms with Gasteiger partial charge in [-0.15, -0.1) is 13.2 Å². The molecule has 6 rings (SSSR count). The molecule has 3 N–H and O–H groups in total. The molecule has 1 aliphatic heterocycles. The van der Waals surface area contributed by atoms with Gasteiger partial charge in [-0.05, 0) is 72.0 Å². The first-order valence-electron chi connectivity index (χ1n) is 15.3. The molecule has 10 nitrogen and oxygen atoms in total. The van der Waals surface area contributed by atoms with E-state index >= 15 is 0 Å². The quantitative estimate of drug-likeness (QED) is 0.206. The van der Waals surface area contributed by atoms with Gasteiger partial charge in [0, 0.05) is 43.9 Å². The smallest absolute Gasteiger partial charge is 0.489 e. The Morgan fingerprint density at radius 3 is 2.40 bits per heavy atom. The van der Waals surface area contributed by atoms with Gasteiger partial charge < -0.3 is 30.0 Å². The summed E-state index contributed by atoms with van der Waals surface area (Å²) >= 11 is 0. The highest BCUT2D eigenvalue weighted by Crippen LogP contribution is 2.38. The molecule has 0 amide bonds. The van der Waals surface area contributed by atoms with Crippen LogP contribution >= 0.6 is 0 Å². The highest BCUT2D eigenvalue weighted by molar-refractivity contribution is 5.87. The van der Waals surface area contributed by atoms with Crippen LogP contribution in [0.2, 0.25) is 0 Å². The summed E-state index contributed by atoms with van der Waals surface area (Å²) in [7, 11) is 0. The number of nitrogen functional groups attached to an aromatic ring is 1. The summed E-state index contributed by atoms with van der Waals surface area (Å²) in [6.45, 7) is 5.11. The zero-order chi connectivity index (χ0) is 33.0. The Hall–Kier alpha value is -4.88. The number of anilines is 2. The third kappa shape index (κ3) is 8.10. The third-order valence-corrected chi connectivity index (χ3v) is 8.21. The van der Waals surface area contributed by atoms with Crippen LogP contribution in [0.4, 0.5) is 24.9 Å². The highest BCUT2D eigenvalue weighted by atomic mass is 19.4. The molecule has 4 aromatic rings. The number of carbonyl (C=O) groups is 1. The molecule has 1 saturated heterocycles. The first-order chi connectivity index (χ1) is 22.6. The Kier molecular flexibility index (Phi) is 9.45. The minimum Gasteiger partial charge on any atom is -0.489 e. The number of halogens is 3. The van der Waals surface area contributed by atoms with E-state index in [0.717, 1.165) is 79.3 Å². The van der Waals surface area contributed by atoms with Gasteiger partial charge in [0.15, 0.2) is 0 Å². The second-order valence-electron chi connectivity index (χ2n) is 11.4. The molecule has 0 saturated carbocycles. The van der Waals surface area contributed by atoms with Gasteiger partial charge in [0.1, 0.15) is 23.9 Å². The van der Waals surface area contributed by atoms with Gasteiger partial charge in [-0.1, -0.05) is 24.3 Å². The molecule has 0 bridgehead atoms. The Labute approximate surface area is 269 Å². The number of aryl methyl sites for hydroxylation is 1. The van der Waals surface area contributed by atoms with E-state index in [0.29, 0.717) is 24.5 Å². The SMILES string of the molecule is Nc1nc2c(c(N3CCN(CCOCc4cccc(C(=O)O)c4)CC3)n1)CCc1cc(OCc3ccc(OC(F)(F)F)cc3)ccc1-2. The van der Waals surface area contributed by atoms with Crippen molar-refractivity contribution in [3.63, 3.8) is 0 Å². The van der Waals surface area contributed by atoms with E-state index in [1.54, 1.807) is 18.2 Å². The first kappa shape index (κ1) is 32.1. The molecular weight excluding hydrogens is 615 g/mol. The molecule has 246 valence electrons. The topological polar surface area (TPSA) is 123 Å². The largest absolute Gasteiger partial charge is 0.573 e. The van der Waals surface area contributed by atoms with Gasteiger partial charge >= 0.3 is 12.3 Å². The summed E-state index contributed by atoms with van der Waals surface area (Å²) < 4.78 is 53.0. The number of ether oxygens (including phenoxy) is 3. The fourth-order valence-corrected chi connectivity index (χ4v) is 5.88. The van der Waals surface area contributed by atoms with Gasteiger partial charge in [-0.25, -0.2) is 9.78 Å². The van der Waals surface area contributed by atoms with Gasteiger partial charge in [0.05, 0.1) is 24.5 Å². The lowest BCUT2D eigenvalue weighted by atomic mass is 9.88. The van der Waals surface area contributed by atoms with E-state index in [4.69, 9.17) is 15.2 Å². The number of carboxylic acids is 1. The van der Waals surface area contributed by atoms with Gasteiger partial charge in [0.2, 0.25) is 5.95 Å². The van der Waals surface area contributed by atoms with Crippen LogP contribution in [0.25, 0.3) is 11.3 Å². The van der Waals surface area contributed by atoms with Gasteiger partial charge in [0.25, 0.3) is 0 Å². The molecule has 2 aliphatic rings. The number of piperazine rings is 1. The number of fused-ring (bicyclic) bond motifs is 3. The monoisotopic (exact) mass is 649 g/mol. The molecule has 1 aliphatic carbocycles. The molecule has 47 heavy (non-hydrogen) atoms. The van der Waals surface area contributed by atoms with E-state index in [9.17, 15) is 23.1 Å². The van der Waals surface area contributed by atoms with Crippen molar-refractivity contribution >= 4 is 17.7 Å². The second-order valence-corrected chi connectivity index (χ2v) is 11.4. The molecule has 0 spiro atoms. The zero-order valence-corrected chi connectivity index (χ0v) is 25.5. The summed E-state index contributed by atoms with van der Waals surface area (Å²) in [5, 5.41) is 9.17. The Bertz CT molecular complexity index is 1730. The van der Waals surface area contributed by atoms with Gasteiger partial charge in [-0.2, -0.15) is 4.98 Å². The van der Waals surface area contributed by atoms with Crippen LogP contribution in [0.15, 0.2) is 66.7 Å². The Balaban J connectivity index is 1.04. The Morgan fingerprint density at radius 1 is 0.894 bits per heavy atom. The lowest BCUT2D eigenvalue weighted by molar-refractivity contribution is -0.274. The van der Waals surface area contributed by atoms with Crippen LogP contribution in [0.3, 0.4) is 0 Å². The lowest BCUT2D eigenvalue weighted by Crippen LogP contribution is -2.48. The minimum atomic E-state index is -4.73.